The van der Waals surface area contributed by atoms with Gasteiger partial charge >= 0.3 is 5.97 Å². The number of aromatic carboxylic acids is 1. The minimum atomic E-state index is -2.03. The molecule has 1 N–H and O–H groups in total. The molecule has 2 bridgehead atoms. The van der Waals surface area contributed by atoms with Gasteiger partial charge in [-0.1, -0.05) is 58.5 Å². The maximum Gasteiger partial charge on any atom is 0.337 e. The summed E-state index contributed by atoms with van der Waals surface area (Å²) in [7, 11) is 0. The van der Waals surface area contributed by atoms with Crippen LogP contribution in [0.15, 0.2) is 34.3 Å². The Morgan fingerprint density at radius 2 is 1.37 bits per heavy atom. The zero-order valence-corrected chi connectivity index (χ0v) is 17.4. The lowest BCUT2D eigenvalue weighted by Crippen LogP contribution is -2.50. The number of hydrogen-bond acceptors (Lipinski definition) is 3. The maximum atomic E-state index is 13.2. The fourth-order valence-electron chi connectivity index (χ4n) is 4.08. The smallest absolute Gasteiger partial charge is 0.337 e. The normalized spacial score (nSPS) is 36.6. The topological polar surface area (TPSA) is 74.7 Å². The molecule has 1 aliphatic heterocycles. The van der Waals surface area contributed by atoms with Crippen LogP contribution in [0.2, 0.25) is 0 Å². The van der Waals surface area contributed by atoms with Crippen molar-refractivity contribution in [3.63, 3.8) is 0 Å². The minimum Gasteiger partial charge on any atom is -0.478 e. The number of carbonyl (C=O) groups is 3. The molecule has 11 heteroatoms. The van der Waals surface area contributed by atoms with Crippen molar-refractivity contribution in [2.24, 2.45) is 11.8 Å². The molecule has 142 valence electrons. The molecule has 1 heterocycles. The number of benzene rings is 1. The number of imide groups is 1. The number of halogens is 6. The molecule has 4 rings (SSSR count). The van der Waals surface area contributed by atoms with Gasteiger partial charge in [0.25, 0.3) is 0 Å². The standard InChI is InChI=1S/C16H7Cl6NO4/c17-9-10(18)15(20)8-7(14(9,19)16(15,21)22)11(24)23(12(8)25)6-4-2-1-3-5(6)13(26)27/h1-4,7-8H,(H,26,27)/t7-,8+,14-,15-/m0/s1. The van der Waals surface area contributed by atoms with Gasteiger partial charge in [0.15, 0.2) is 4.33 Å². The van der Waals surface area contributed by atoms with Gasteiger partial charge in [0.2, 0.25) is 11.8 Å². The lowest BCUT2D eigenvalue weighted by atomic mass is 9.84. The molecule has 5 nitrogen and oxygen atoms in total. The van der Waals surface area contributed by atoms with Gasteiger partial charge in [0, 0.05) is 0 Å². The summed E-state index contributed by atoms with van der Waals surface area (Å²) >= 11 is 38.4. The van der Waals surface area contributed by atoms with Crippen LogP contribution in [0.25, 0.3) is 0 Å². The zero-order valence-electron chi connectivity index (χ0n) is 12.9. The molecule has 0 spiro atoms. The summed E-state index contributed by atoms with van der Waals surface area (Å²) in [6, 6.07) is 5.55. The Morgan fingerprint density at radius 1 is 0.926 bits per heavy atom. The summed E-state index contributed by atoms with van der Waals surface area (Å²) < 4.78 is -2.03. The Kier molecular flexibility index (Phi) is 4.13. The van der Waals surface area contributed by atoms with E-state index >= 15 is 0 Å². The summed E-state index contributed by atoms with van der Waals surface area (Å²) in [4.78, 5) is 34.7. The van der Waals surface area contributed by atoms with Crippen molar-refractivity contribution in [1.82, 2.24) is 0 Å². The maximum absolute atomic E-state index is 13.2. The van der Waals surface area contributed by atoms with Crippen LogP contribution in [0.1, 0.15) is 10.4 Å². The van der Waals surface area contributed by atoms with Crippen LogP contribution in [0.5, 0.6) is 0 Å². The van der Waals surface area contributed by atoms with Gasteiger partial charge in [-0.15, -0.1) is 23.2 Å². The van der Waals surface area contributed by atoms with Crippen LogP contribution in [-0.2, 0) is 9.59 Å². The molecule has 0 radical (unpaired) electrons. The van der Waals surface area contributed by atoms with Crippen molar-refractivity contribution in [3.8, 4) is 0 Å². The quantitative estimate of drug-likeness (QED) is 0.495. The average molecular weight is 490 g/mol. The van der Waals surface area contributed by atoms with Crippen LogP contribution < -0.4 is 4.90 Å². The first kappa shape index (κ1) is 19.6. The van der Waals surface area contributed by atoms with Gasteiger partial charge < -0.3 is 5.11 Å². The number of anilines is 1. The molecule has 1 aromatic carbocycles. The number of amides is 2. The van der Waals surface area contributed by atoms with Gasteiger partial charge in [-0.25, -0.2) is 9.69 Å². The summed E-state index contributed by atoms with van der Waals surface area (Å²) in [6.07, 6.45) is 0. The zero-order chi connectivity index (χ0) is 20.1. The highest BCUT2D eigenvalue weighted by Gasteiger charge is 2.87. The van der Waals surface area contributed by atoms with E-state index in [-0.39, 0.29) is 21.3 Å². The SMILES string of the molecule is O=C(O)c1ccccc1N1C(=O)[C@@H]2[C@H](C1=O)[C@]1(Cl)C(Cl)=C(Cl)[C@]2(Cl)C1(Cl)Cl. The number of hydrogen-bond donors (Lipinski definition) is 1. The molecule has 2 amide bonds. The van der Waals surface area contributed by atoms with Crippen LogP contribution >= 0.6 is 69.6 Å². The number of rotatable bonds is 2. The molecule has 4 atom stereocenters. The highest BCUT2D eigenvalue weighted by molar-refractivity contribution is 6.67. The van der Waals surface area contributed by atoms with E-state index in [9.17, 15) is 19.5 Å². The number of para-hydroxylation sites is 1. The fraction of sp³-hybridized carbons (Fsp3) is 0.312. The van der Waals surface area contributed by atoms with Crippen molar-refractivity contribution < 1.29 is 19.5 Å². The first-order valence-electron chi connectivity index (χ1n) is 7.46. The van der Waals surface area contributed by atoms with Gasteiger partial charge in [-0.3, -0.25) is 9.59 Å². The monoisotopic (exact) mass is 487 g/mol. The van der Waals surface area contributed by atoms with E-state index < -0.39 is 43.7 Å². The molecule has 1 aromatic rings. The number of carbonyl (C=O) groups excluding carboxylic acids is 2. The third-order valence-corrected chi connectivity index (χ3v) is 9.54. The van der Waals surface area contributed by atoms with Gasteiger partial charge in [0.1, 0.15) is 9.75 Å². The Balaban J connectivity index is 1.93. The molecular weight excluding hydrogens is 483 g/mol. The molecular formula is C16H7Cl6NO4. The van der Waals surface area contributed by atoms with Crippen LogP contribution in [-0.4, -0.2) is 37.0 Å². The van der Waals surface area contributed by atoms with E-state index in [0.29, 0.717) is 0 Å². The summed E-state index contributed by atoms with van der Waals surface area (Å²) in [5.74, 6) is -5.54. The Labute approximate surface area is 182 Å². The first-order chi connectivity index (χ1) is 12.4. The van der Waals surface area contributed by atoms with Crippen molar-refractivity contribution in [3.05, 3.63) is 39.9 Å². The van der Waals surface area contributed by atoms with E-state index in [1.807, 2.05) is 0 Å². The van der Waals surface area contributed by atoms with Crippen molar-refractivity contribution >= 4 is 93.1 Å². The highest BCUT2D eigenvalue weighted by Crippen LogP contribution is 2.77. The molecule has 2 fully saturated rings. The number of nitrogens with zero attached hydrogens (tertiary/aromatic N) is 1. The molecule has 0 aromatic heterocycles. The van der Waals surface area contributed by atoms with E-state index in [1.54, 1.807) is 0 Å². The molecule has 1 saturated carbocycles. The van der Waals surface area contributed by atoms with Gasteiger partial charge in [-0.2, -0.15) is 0 Å². The first-order valence-corrected chi connectivity index (χ1v) is 9.72. The van der Waals surface area contributed by atoms with Crippen LogP contribution in [0.4, 0.5) is 5.69 Å². The molecule has 2 aliphatic carbocycles. The summed E-state index contributed by atoms with van der Waals surface area (Å²) in [6.45, 7) is 0. The van der Waals surface area contributed by atoms with E-state index in [1.165, 1.54) is 24.3 Å². The van der Waals surface area contributed by atoms with E-state index in [4.69, 9.17) is 69.6 Å². The minimum absolute atomic E-state index is 0.115. The molecule has 0 unspecified atom stereocenters. The van der Waals surface area contributed by atoms with E-state index in [0.717, 1.165) is 4.90 Å². The Morgan fingerprint density at radius 3 is 1.81 bits per heavy atom. The second-order valence-electron chi connectivity index (χ2n) is 6.42. The number of alkyl halides is 4. The molecule has 1 saturated heterocycles. The number of carboxylic acids is 1. The van der Waals surface area contributed by atoms with Gasteiger partial charge in [0.05, 0.1) is 33.2 Å². The largest absolute Gasteiger partial charge is 0.478 e. The van der Waals surface area contributed by atoms with Gasteiger partial charge in [-0.05, 0) is 12.1 Å². The lowest BCUT2D eigenvalue weighted by molar-refractivity contribution is -0.123. The van der Waals surface area contributed by atoms with Crippen molar-refractivity contribution in [2.45, 2.75) is 14.1 Å². The van der Waals surface area contributed by atoms with Crippen LogP contribution in [0, 0.1) is 11.8 Å². The van der Waals surface area contributed by atoms with Crippen molar-refractivity contribution in [2.75, 3.05) is 4.90 Å². The lowest BCUT2D eigenvalue weighted by Gasteiger charge is -2.34. The highest BCUT2D eigenvalue weighted by atomic mass is 35.5. The summed E-state index contributed by atoms with van der Waals surface area (Å²) in [5, 5.41) is 8.98. The second kappa shape index (κ2) is 5.68. The Hall–Kier alpha value is -0.690. The average Bonchev–Trinajstić information content (AvgIpc) is 2.99. The molecule has 3 aliphatic rings. The van der Waals surface area contributed by atoms with Crippen LogP contribution in [0.3, 0.4) is 0 Å². The second-order valence-corrected chi connectivity index (χ2v) is 9.69. The van der Waals surface area contributed by atoms with Crippen molar-refractivity contribution in [1.29, 1.82) is 0 Å². The predicted octanol–water partition coefficient (Wildman–Crippen LogP) is 4.34. The predicted molar refractivity (Wildman–Crippen MR) is 103 cm³/mol. The van der Waals surface area contributed by atoms with E-state index in [2.05, 4.69) is 0 Å². The fourth-order valence-corrected chi connectivity index (χ4v) is 7.01. The third-order valence-electron chi connectivity index (χ3n) is 5.28. The number of allylic oxidation sites excluding steroid dienone is 2. The number of carboxylic acid groups (broad SMARTS) is 1. The molecule has 27 heavy (non-hydrogen) atoms. The Bertz CT molecular complexity index is 931. The number of fused-ring (bicyclic) bond motifs is 5. The third kappa shape index (κ3) is 1.93. The summed E-state index contributed by atoms with van der Waals surface area (Å²) in [5.41, 5.74) is -0.358.